The first kappa shape index (κ1) is 8.37. The van der Waals surface area contributed by atoms with Gasteiger partial charge in [-0.2, -0.15) is 0 Å². The van der Waals surface area contributed by atoms with E-state index in [9.17, 15) is 0 Å². The third kappa shape index (κ3) is 2.90. The molecule has 1 unspecified atom stereocenters. The fraction of sp³-hybridized carbons (Fsp3) is 1.00. The van der Waals surface area contributed by atoms with Gasteiger partial charge in [0.1, 0.15) is 0 Å². The van der Waals surface area contributed by atoms with Gasteiger partial charge >= 0.3 is 8.60 Å². The van der Waals surface area contributed by atoms with Crippen molar-refractivity contribution in [2.45, 2.75) is 18.9 Å². The van der Waals surface area contributed by atoms with Crippen LogP contribution < -0.4 is 0 Å². The Labute approximate surface area is 60.8 Å². The van der Waals surface area contributed by atoms with Crippen molar-refractivity contribution in [3.05, 3.63) is 0 Å². The molecule has 1 fully saturated rings. The third-order valence-electron chi connectivity index (χ3n) is 1.40. The zero-order valence-electron chi connectivity index (χ0n) is 5.56. The first-order valence-electron chi connectivity index (χ1n) is 3.21. The summed E-state index contributed by atoms with van der Waals surface area (Å²) in [5, 5.41) is 0. The molecule has 0 amide bonds. The lowest BCUT2D eigenvalue weighted by Crippen LogP contribution is -2.11. The molecule has 1 aliphatic rings. The second-order valence-corrected chi connectivity index (χ2v) is 2.95. The summed E-state index contributed by atoms with van der Waals surface area (Å²) in [5.74, 6) is 0. The smallest absolute Gasteiger partial charge is 0.327 e. The van der Waals surface area contributed by atoms with Crippen LogP contribution in [-0.2, 0) is 9.26 Å². The van der Waals surface area contributed by atoms with Gasteiger partial charge in [0.2, 0.25) is 0 Å². The summed E-state index contributed by atoms with van der Waals surface area (Å²) < 4.78 is 9.74. The molecule has 1 saturated heterocycles. The summed E-state index contributed by atoms with van der Waals surface area (Å²) in [7, 11) is -2.20. The molecule has 10 heavy (non-hydrogen) atoms. The van der Waals surface area contributed by atoms with E-state index in [4.69, 9.17) is 14.5 Å². The summed E-state index contributed by atoms with van der Waals surface area (Å²) in [6.07, 6.45) is 2.08. The van der Waals surface area contributed by atoms with E-state index in [0.29, 0.717) is 6.61 Å². The van der Waals surface area contributed by atoms with Gasteiger partial charge in [-0.3, -0.25) is 0 Å². The highest BCUT2D eigenvalue weighted by Gasteiger charge is 2.16. The zero-order valence-corrected chi connectivity index (χ0v) is 6.46. The zero-order chi connectivity index (χ0) is 7.40. The van der Waals surface area contributed by atoms with Gasteiger partial charge in [0.15, 0.2) is 0 Å². The Morgan fingerprint density at radius 1 is 1.60 bits per heavy atom. The maximum atomic E-state index is 8.36. The minimum atomic E-state index is -2.20. The summed E-state index contributed by atoms with van der Waals surface area (Å²) in [4.78, 5) is 16.7. The van der Waals surface area contributed by atoms with Gasteiger partial charge in [0.25, 0.3) is 0 Å². The van der Waals surface area contributed by atoms with Crippen LogP contribution in [0.2, 0.25) is 0 Å². The van der Waals surface area contributed by atoms with Gasteiger partial charge in [-0.25, -0.2) is 0 Å². The average Bonchev–Trinajstić information content (AvgIpc) is 2.34. The van der Waals surface area contributed by atoms with Crippen LogP contribution >= 0.6 is 8.60 Å². The lowest BCUT2D eigenvalue weighted by Gasteiger charge is -2.08. The van der Waals surface area contributed by atoms with E-state index in [1.165, 1.54) is 0 Å². The number of rotatable bonds is 3. The molecule has 0 aliphatic carbocycles. The Morgan fingerprint density at radius 2 is 2.40 bits per heavy atom. The Bertz CT molecular complexity index is 91.6. The Balaban J connectivity index is 2.01. The molecule has 0 saturated carbocycles. The molecule has 0 aromatic carbocycles. The fourth-order valence-corrected chi connectivity index (χ4v) is 1.23. The van der Waals surface area contributed by atoms with Crippen LogP contribution in [0.3, 0.4) is 0 Å². The lowest BCUT2D eigenvalue weighted by atomic mass is 10.2. The summed E-state index contributed by atoms with van der Waals surface area (Å²) in [5.41, 5.74) is 0. The minimum Gasteiger partial charge on any atom is -0.376 e. The fourth-order valence-electron chi connectivity index (χ4n) is 0.926. The predicted molar refractivity (Wildman–Crippen MR) is 36.3 cm³/mol. The van der Waals surface area contributed by atoms with E-state index in [2.05, 4.69) is 4.52 Å². The van der Waals surface area contributed by atoms with E-state index in [1.807, 2.05) is 0 Å². The quantitative estimate of drug-likeness (QED) is 0.595. The highest BCUT2D eigenvalue weighted by Crippen LogP contribution is 2.26. The Morgan fingerprint density at radius 3 is 2.90 bits per heavy atom. The molecular weight excluding hydrogens is 155 g/mol. The van der Waals surface area contributed by atoms with E-state index in [0.717, 1.165) is 19.4 Å². The molecule has 1 rings (SSSR count). The number of hydrogen-bond acceptors (Lipinski definition) is 4. The maximum absolute atomic E-state index is 8.36. The van der Waals surface area contributed by atoms with Gasteiger partial charge < -0.3 is 19.0 Å². The largest absolute Gasteiger partial charge is 0.376 e. The Hall–Kier alpha value is 0.270. The molecule has 1 aliphatic heterocycles. The topological polar surface area (TPSA) is 58.9 Å². The Kier molecular flexibility index (Phi) is 3.52. The van der Waals surface area contributed by atoms with Gasteiger partial charge in [-0.05, 0) is 12.8 Å². The summed E-state index contributed by atoms with van der Waals surface area (Å²) in [6, 6.07) is 0. The van der Waals surface area contributed by atoms with Gasteiger partial charge in [-0.1, -0.05) is 0 Å². The molecule has 4 nitrogen and oxygen atoms in total. The highest BCUT2D eigenvalue weighted by atomic mass is 31.2. The monoisotopic (exact) mass is 166 g/mol. The standard InChI is InChI=1S/C5H11O4P/c6-10(7)9-4-5-2-1-3-8-5/h5-7H,1-4H2. The van der Waals surface area contributed by atoms with Crippen molar-refractivity contribution in [1.29, 1.82) is 0 Å². The van der Waals surface area contributed by atoms with Crippen molar-refractivity contribution >= 4 is 8.60 Å². The van der Waals surface area contributed by atoms with Crippen LogP contribution in [0.15, 0.2) is 0 Å². The molecule has 1 atom stereocenters. The molecule has 0 bridgehead atoms. The van der Waals surface area contributed by atoms with Crippen molar-refractivity contribution in [3.63, 3.8) is 0 Å². The van der Waals surface area contributed by atoms with Crippen molar-refractivity contribution in [1.82, 2.24) is 0 Å². The summed E-state index contributed by atoms with van der Waals surface area (Å²) in [6.45, 7) is 1.07. The first-order valence-corrected chi connectivity index (χ1v) is 4.38. The van der Waals surface area contributed by atoms with Crippen molar-refractivity contribution in [2.75, 3.05) is 13.2 Å². The van der Waals surface area contributed by atoms with Crippen LogP contribution in [0.25, 0.3) is 0 Å². The van der Waals surface area contributed by atoms with E-state index < -0.39 is 8.60 Å². The van der Waals surface area contributed by atoms with E-state index >= 15 is 0 Å². The number of hydrogen-bond donors (Lipinski definition) is 2. The molecule has 5 heteroatoms. The van der Waals surface area contributed by atoms with Crippen LogP contribution in [0, 0.1) is 0 Å². The van der Waals surface area contributed by atoms with Gasteiger partial charge in [0.05, 0.1) is 12.7 Å². The lowest BCUT2D eigenvalue weighted by molar-refractivity contribution is 0.0630. The normalized spacial score (nSPS) is 26.1. The average molecular weight is 166 g/mol. The molecular formula is C5H11O4P. The minimum absolute atomic E-state index is 0.0734. The van der Waals surface area contributed by atoms with Crippen molar-refractivity contribution in [3.8, 4) is 0 Å². The molecule has 1 heterocycles. The highest BCUT2D eigenvalue weighted by molar-refractivity contribution is 7.39. The predicted octanol–water partition coefficient (Wildman–Crippen LogP) is 0.393. The van der Waals surface area contributed by atoms with E-state index in [1.54, 1.807) is 0 Å². The molecule has 0 aromatic heterocycles. The van der Waals surface area contributed by atoms with Crippen LogP contribution in [0.5, 0.6) is 0 Å². The van der Waals surface area contributed by atoms with Crippen LogP contribution in [0.1, 0.15) is 12.8 Å². The van der Waals surface area contributed by atoms with E-state index in [-0.39, 0.29) is 6.10 Å². The first-order chi connectivity index (χ1) is 4.79. The molecule has 0 aromatic rings. The SMILES string of the molecule is OP(O)OCC1CCCO1. The molecule has 0 radical (unpaired) electrons. The second-order valence-electron chi connectivity index (χ2n) is 2.18. The molecule has 0 spiro atoms. The third-order valence-corrected chi connectivity index (χ3v) is 1.78. The van der Waals surface area contributed by atoms with Gasteiger partial charge in [-0.15, -0.1) is 0 Å². The van der Waals surface area contributed by atoms with Crippen LogP contribution in [-0.4, -0.2) is 29.1 Å². The number of ether oxygens (including phenoxy) is 1. The maximum Gasteiger partial charge on any atom is 0.327 e. The second kappa shape index (κ2) is 4.21. The van der Waals surface area contributed by atoms with Crippen molar-refractivity contribution < 1.29 is 19.0 Å². The molecule has 60 valence electrons. The molecule has 2 N–H and O–H groups in total. The van der Waals surface area contributed by atoms with Crippen LogP contribution in [0.4, 0.5) is 0 Å². The van der Waals surface area contributed by atoms with Gasteiger partial charge in [0, 0.05) is 6.61 Å². The van der Waals surface area contributed by atoms with Crippen molar-refractivity contribution in [2.24, 2.45) is 0 Å². The summed E-state index contributed by atoms with van der Waals surface area (Å²) >= 11 is 0.